The summed E-state index contributed by atoms with van der Waals surface area (Å²) in [5.41, 5.74) is 10.3. The van der Waals surface area contributed by atoms with Crippen LogP contribution in [0.15, 0.2) is 77.6 Å². The number of rotatable bonds is 7. The van der Waals surface area contributed by atoms with Gasteiger partial charge in [0, 0.05) is 43.5 Å². The molecule has 202 valence electrons. The average molecular weight is 535 g/mol. The number of benzene rings is 3. The zero-order valence-corrected chi connectivity index (χ0v) is 22.5. The lowest BCUT2D eigenvalue weighted by atomic mass is 9.97. The van der Waals surface area contributed by atoms with Crippen molar-refractivity contribution in [3.8, 4) is 11.4 Å². The van der Waals surface area contributed by atoms with Gasteiger partial charge in [0.15, 0.2) is 0 Å². The molecule has 1 unspecified atom stereocenters. The van der Waals surface area contributed by atoms with Gasteiger partial charge in [-0.1, -0.05) is 24.3 Å². The molecule has 2 aromatic heterocycles. The number of para-hydroxylation sites is 2. The number of methoxy groups -OCH3 is 2. The van der Waals surface area contributed by atoms with Gasteiger partial charge < -0.3 is 28.7 Å². The first kappa shape index (κ1) is 24.5. The first-order valence-electron chi connectivity index (χ1n) is 13.6. The normalized spacial score (nSPS) is 15.4. The summed E-state index contributed by atoms with van der Waals surface area (Å²) in [6.07, 6.45) is 5.35. The van der Waals surface area contributed by atoms with E-state index < -0.39 is 0 Å². The maximum atomic E-state index is 12.3. The number of nitrogens with one attached hydrogen (secondary N) is 1. The molecule has 7 rings (SSSR count). The maximum Gasteiger partial charge on any atom is 0.337 e. The summed E-state index contributed by atoms with van der Waals surface area (Å²) in [4.78, 5) is 19.9. The first-order valence-corrected chi connectivity index (χ1v) is 13.6. The summed E-state index contributed by atoms with van der Waals surface area (Å²) in [6.45, 7) is 2.25. The number of furan rings is 1. The molecule has 0 saturated carbocycles. The van der Waals surface area contributed by atoms with Gasteiger partial charge in [-0.15, -0.1) is 0 Å². The van der Waals surface area contributed by atoms with E-state index in [-0.39, 0.29) is 12.0 Å². The van der Waals surface area contributed by atoms with Crippen molar-refractivity contribution in [1.29, 1.82) is 0 Å². The number of carbonyl (C=O) groups excluding carboxylic acids is 1. The topological polar surface area (TPSA) is 81.8 Å². The van der Waals surface area contributed by atoms with Gasteiger partial charge in [0.05, 0.1) is 59.3 Å². The van der Waals surface area contributed by atoms with Crippen LogP contribution in [0.4, 0.5) is 17.1 Å². The number of esters is 1. The molecule has 0 radical (unpaired) electrons. The Morgan fingerprint density at radius 2 is 2.00 bits per heavy atom. The van der Waals surface area contributed by atoms with Crippen LogP contribution in [0.3, 0.4) is 0 Å². The van der Waals surface area contributed by atoms with Crippen LogP contribution in [0.5, 0.6) is 0 Å². The zero-order chi connectivity index (χ0) is 27.2. The summed E-state index contributed by atoms with van der Waals surface area (Å²) < 4.78 is 18.1. The molecule has 0 amide bonds. The highest BCUT2D eigenvalue weighted by atomic mass is 16.5. The molecule has 8 nitrogen and oxygen atoms in total. The molecule has 2 aliphatic heterocycles. The molecule has 1 N–H and O–H groups in total. The lowest BCUT2D eigenvalue weighted by Crippen LogP contribution is -2.16. The van der Waals surface area contributed by atoms with Gasteiger partial charge in [0.2, 0.25) is 0 Å². The Balaban J connectivity index is 1.44. The van der Waals surface area contributed by atoms with E-state index in [0.29, 0.717) is 12.2 Å². The maximum absolute atomic E-state index is 12.3. The minimum Gasteiger partial charge on any atom is -0.472 e. The van der Waals surface area contributed by atoms with E-state index in [9.17, 15) is 4.79 Å². The summed E-state index contributed by atoms with van der Waals surface area (Å²) in [7, 11) is 3.11. The fourth-order valence-corrected chi connectivity index (χ4v) is 6.18. The fraction of sp³-hybridized carbons (Fsp3) is 0.250. The smallest absolute Gasteiger partial charge is 0.337 e. The van der Waals surface area contributed by atoms with E-state index in [2.05, 4.69) is 51.2 Å². The number of hydrogen-bond acceptors (Lipinski definition) is 7. The molecule has 4 heterocycles. The Labute approximate surface area is 232 Å². The molecule has 0 fully saturated rings. The second-order valence-electron chi connectivity index (χ2n) is 10.2. The third-order valence-corrected chi connectivity index (χ3v) is 7.96. The van der Waals surface area contributed by atoms with Crippen molar-refractivity contribution >= 4 is 34.1 Å². The van der Waals surface area contributed by atoms with Crippen LogP contribution in [0.25, 0.3) is 22.4 Å². The SMILES string of the molecule is COCCCn1c(-c2cccc3c2N2CCc4cccc(c42)C(c2ccoc2)N3)nc2cc(C(=O)OC)ccc21. The number of nitrogens with zero attached hydrogens (tertiary/aromatic N) is 3. The molecular weight excluding hydrogens is 504 g/mol. The second kappa shape index (κ2) is 9.88. The minimum absolute atomic E-state index is 0.0473. The first-order chi connectivity index (χ1) is 19.7. The molecule has 0 aliphatic carbocycles. The molecule has 5 aromatic rings. The van der Waals surface area contributed by atoms with Gasteiger partial charge in [-0.05, 0) is 54.8 Å². The Hall–Kier alpha value is -4.56. The summed E-state index contributed by atoms with van der Waals surface area (Å²) in [5.74, 6) is 0.487. The van der Waals surface area contributed by atoms with Crippen LogP contribution < -0.4 is 10.2 Å². The predicted molar refractivity (Wildman–Crippen MR) is 154 cm³/mol. The Kier molecular flexibility index (Phi) is 6.04. The van der Waals surface area contributed by atoms with Crippen molar-refractivity contribution in [2.24, 2.45) is 0 Å². The van der Waals surface area contributed by atoms with Gasteiger partial charge in [-0.3, -0.25) is 0 Å². The lowest BCUT2D eigenvalue weighted by Gasteiger charge is -2.24. The predicted octanol–water partition coefficient (Wildman–Crippen LogP) is 6.33. The number of ether oxygens (including phenoxy) is 2. The van der Waals surface area contributed by atoms with Crippen molar-refractivity contribution < 1.29 is 18.7 Å². The molecule has 40 heavy (non-hydrogen) atoms. The average Bonchev–Trinajstić information content (AvgIpc) is 3.72. The minimum atomic E-state index is -0.373. The fourth-order valence-electron chi connectivity index (χ4n) is 6.18. The van der Waals surface area contributed by atoms with Gasteiger partial charge in [0.1, 0.15) is 5.82 Å². The van der Waals surface area contributed by atoms with E-state index >= 15 is 0 Å². The molecule has 8 heteroatoms. The van der Waals surface area contributed by atoms with Crippen LogP contribution in [0.1, 0.15) is 39.5 Å². The van der Waals surface area contributed by atoms with Crippen molar-refractivity contribution in [2.75, 3.05) is 37.6 Å². The van der Waals surface area contributed by atoms with E-state index in [1.807, 2.05) is 24.5 Å². The third-order valence-electron chi connectivity index (χ3n) is 7.96. The van der Waals surface area contributed by atoms with E-state index in [1.54, 1.807) is 19.4 Å². The van der Waals surface area contributed by atoms with Crippen molar-refractivity contribution in [3.63, 3.8) is 0 Å². The van der Waals surface area contributed by atoms with Gasteiger partial charge >= 0.3 is 5.97 Å². The highest BCUT2D eigenvalue weighted by molar-refractivity contribution is 5.97. The molecule has 1 atom stereocenters. The van der Waals surface area contributed by atoms with Crippen LogP contribution in [-0.2, 0) is 22.4 Å². The Morgan fingerprint density at radius 1 is 1.10 bits per heavy atom. The number of anilines is 3. The van der Waals surface area contributed by atoms with Crippen LogP contribution in [0, 0.1) is 0 Å². The molecule has 2 aliphatic rings. The van der Waals surface area contributed by atoms with Gasteiger partial charge in [-0.2, -0.15) is 0 Å². The largest absolute Gasteiger partial charge is 0.472 e. The number of hydrogen-bond donors (Lipinski definition) is 1. The molecule has 0 saturated heterocycles. The molecular formula is C32H30N4O4. The monoisotopic (exact) mass is 534 g/mol. The van der Waals surface area contributed by atoms with Crippen molar-refractivity contribution in [2.45, 2.75) is 25.4 Å². The van der Waals surface area contributed by atoms with Crippen molar-refractivity contribution in [1.82, 2.24) is 9.55 Å². The van der Waals surface area contributed by atoms with Crippen LogP contribution >= 0.6 is 0 Å². The molecule has 0 bridgehead atoms. The highest BCUT2D eigenvalue weighted by Gasteiger charge is 2.35. The van der Waals surface area contributed by atoms with Gasteiger partial charge in [-0.25, -0.2) is 9.78 Å². The van der Waals surface area contributed by atoms with E-state index in [4.69, 9.17) is 18.9 Å². The lowest BCUT2D eigenvalue weighted by molar-refractivity contribution is 0.0601. The number of carbonyl (C=O) groups is 1. The van der Waals surface area contributed by atoms with Crippen molar-refractivity contribution in [3.05, 3.63) is 95.4 Å². The standard InChI is InChI=1S/C32H30N4O4/c1-38-16-5-14-35-27-11-10-21(32(37)39-2)18-26(27)34-31(35)24-8-4-9-25-30(24)36-15-12-20-6-3-7-23(29(20)36)28(33-25)22-13-17-40-19-22/h3-4,6-11,13,17-19,28,33H,5,12,14-16H2,1-2H3. The second-order valence-corrected chi connectivity index (χ2v) is 10.2. The number of aryl methyl sites for hydroxylation is 1. The number of imidazole rings is 1. The van der Waals surface area contributed by atoms with E-state index in [1.165, 1.54) is 23.9 Å². The Bertz CT molecular complexity index is 1720. The molecule has 3 aromatic carbocycles. The quantitative estimate of drug-likeness (QED) is 0.193. The summed E-state index contributed by atoms with van der Waals surface area (Å²) >= 11 is 0. The van der Waals surface area contributed by atoms with Crippen LogP contribution in [0.2, 0.25) is 0 Å². The highest BCUT2D eigenvalue weighted by Crippen LogP contribution is 2.51. The Morgan fingerprint density at radius 3 is 2.83 bits per heavy atom. The van der Waals surface area contributed by atoms with Gasteiger partial charge in [0.25, 0.3) is 0 Å². The number of aromatic nitrogens is 2. The third kappa shape index (κ3) is 3.86. The van der Waals surface area contributed by atoms with E-state index in [0.717, 1.165) is 65.3 Å². The number of fused-ring (bicyclic) bond motifs is 3. The molecule has 0 spiro atoms. The van der Waals surface area contributed by atoms with Crippen LogP contribution in [-0.4, -0.2) is 42.9 Å². The zero-order valence-electron chi connectivity index (χ0n) is 22.5. The summed E-state index contributed by atoms with van der Waals surface area (Å²) in [6, 6.07) is 20.5. The summed E-state index contributed by atoms with van der Waals surface area (Å²) in [5, 5.41) is 3.84.